The molecule has 0 saturated heterocycles. The van der Waals surface area contributed by atoms with Crippen molar-refractivity contribution in [1.29, 1.82) is 0 Å². The molecule has 0 unspecified atom stereocenters. The van der Waals surface area contributed by atoms with Gasteiger partial charge in [0.25, 0.3) is 5.76 Å². The summed E-state index contributed by atoms with van der Waals surface area (Å²) < 4.78 is 62.7. The molecule has 0 spiro atoms. The Balaban J connectivity index is 1.77. The number of hydrogen-bond donors (Lipinski definition) is 0. The first kappa shape index (κ1) is 23.9. The molecule has 1 aromatic heterocycles. The van der Waals surface area contributed by atoms with E-state index in [4.69, 9.17) is 18.6 Å². The van der Waals surface area contributed by atoms with E-state index in [0.717, 1.165) is 6.07 Å². The zero-order chi connectivity index (χ0) is 25.2. The highest BCUT2D eigenvalue weighted by Gasteiger charge is 2.40. The lowest BCUT2D eigenvalue weighted by Crippen LogP contribution is -2.16. The number of esters is 1. The Kier molecular flexibility index (Phi) is 6.50. The highest BCUT2D eigenvalue weighted by molar-refractivity contribution is 5.93. The molecule has 1 heterocycles. The molecular weight excluding hydrogens is 465 g/mol. The second-order valence-corrected chi connectivity index (χ2v) is 7.43. The van der Waals surface area contributed by atoms with Crippen LogP contribution in [0.2, 0.25) is 0 Å². The van der Waals surface area contributed by atoms with Crippen molar-refractivity contribution in [2.24, 2.45) is 0 Å². The summed E-state index contributed by atoms with van der Waals surface area (Å²) >= 11 is 0. The predicted molar refractivity (Wildman–Crippen MR) is 121 cm³/mol. The molecule has 3 aromatic carbocycles. The van der Waals surface area contributed by atoms with E-state index in [1.54, 1.807) is 44.2 Å². The van der Waals surface area contributed by atoms with Gasteiger partial charge >= 0.3 is 12.1 Å². The number of ether oxygens (including phenoxy) is 3. The number of alkyl halides is 3. The normalized spacial score (nSPS) is 11.3. The van der Waals surface area contributed by atoms with Gasteiger partial charge in [0, 0.05) is 6.07 Å². The molecule has 0 atom stereocenters. The number of carbonyl (C=O) groups excluding carboxylic acids is 1. The van der Waals surface area contributed by atoms with Crippen molar-refractivity contribution in [3.8, 4) is 23.0 Å². The number of fused-ring (bicyclic) bond motifs is 1. The largest absolute Gasteiger partial charge is 0.490 e. The molecule has 0 amide bonds. The van der Waals surface area contributed by atoms with Gasteiger partial charge in [0.2, 0.25) is 11.2 Å². The summed E-state index contributed by atoms with van der Waals surface area (Å²) in [6.07, 6.45) is -5.04. The van der Waals surface area contributed by atoms with Gasteiger partial charge in [-0.1, -0.05) is 30.3 Å². The van der Waals surface area contributed by atoms with Crippen molar-refractivity contribution in [3.63, 3.8) is 0 Å². The van der Waals surface area contributed by atoms with E-state index in [2.05, 4.69) is 0 Å². The van der Waals surface area contributed by atoms with Crippen LogP contribution in [0, 0.1) is 6.92 Å². The maximum Gasteiger partial charge on any atom is 0.453 e. The van der Waals surface area contributed by atoms with E-state index < -0.39 is 34.7 Å². The fourth-order valence-corrected chi connectivity index (χ4v) is 3.38. The van der Waals surface area contributed by atoms with E-state index in [0.29, 0.717) is 11.1 Å². The second kappa shape index (κ2) is 9.54. The number of hydrogen-bond acceptors (Lipinski definition) is 6. The van der Waals surface area contributed by atoms with Crippen molar-refractivity contribution < 1.29 is 36.6 Å². The molecule has 0 aliphatic heterocycles. The van der Waals surface area contributed by atoms with Crippen LogP contribution in [0.3, 0.4) is 0 Å². The monoisotopic (exact) mass is 484 g/mol. The smallest absolute Gasteiger partial charge is 0.453 e. The lowest BCUT2D eigenvalue weighted by atomic mass is 10.1. The van der Waals surface area contributed by atoms with Crippen molar-refractivity contribution >= 4 is 16.9 Å². The summed E-state index contributed by atoms with van der Waals surface area (Å²) in [5.74, 6) is -3.34. The third kappa shape index (κ3) is 4.98. The van der Waals surface area contributed by atoms with E-state index in [-0.39, 0.29) is 29.2 Å². The zero-order valence-corrected chi connectivity index (χ0v) is 18.6. The second-order valence-electron chi connectivity index (χ2n) is 7.43. The van der Waals surface area contributed by atoms with E-state index >= 15 is 0 Å². The Hall–Kier alpha value is -4.27. The van der Waals surface area contributed by atoms with Crippen LogP contribution in [-0.2, 0) is 6.18 Å². The van der Waals surface area contributed by atoms with Gasteiger partial charge in [-0.2, -0.15) is 13.2 Å². The maximum atomic E-state index is 13.9. The molecular formula is C26H19F3O6. The molecule has 6 nitrogen and oxygen atoms in total. The fraction of sp³-hybridized carbons (Fsp3) is 0.154. The topological polar surface area (TPSA) is 75.0 Å². The molecule has 4 rings (SSSR count). The summed E-state index contributed by atoms with van der Waals surface area (Å²) in [4.78, 5) is 25.5. The lowest BCUT2D eigenvalue weighted by Gasteiger charge is -2.15. The number of benzene rings is 3. The van der Waals surface area contributed by atoms with Crippen LogP contribution >= 0.6 is 0 Å². The highest BCUT2D eigenvalue weighted by atomic mass is 19.4. The van der Waals surface area contributed by atoms with Crippen LogP contribution in [-0.4, -0.2) is 12.6 Å². The fourth-order valence-electron chi connectivity index (χ4n) is 3.38. The van der Waals surface area contributed by atoms with Crippen molar-refractivity contribution in [2.75, 3.05) is 6.61 Å². The Bertz CT molecular complexity index is 1460. The number of para-hydroxylation sites is 2. The van der Waals surface area contributed by atoms with E-state index in [1.165, 1.54) is 30.3 Å². The summed E-state index contributed by atoms with van der Waals surface area (Å²) in [7, 11) is 0. The zero-order valence-electron chi connectivity index (χ0n) is 18.6. The number of aryl methyl sites for hydroxylation is 1. The average molecular weight is 484 g/mol. The summed E-state index contributed by atoms with van der Waals surface area (Å²) in [5, 5.41) is -0.183. The first-order valence-electron chi connectivity index (χ1n) is 10.5. The van der Waals surface area contributed by atoms with Gasteiger partial charge in [0.05, 0.1) is 17.6 Å². The van der Waals surface area contributed by atoms with Crippen molar-refractivity contribution in [2.45, 2.75) is 20.0 Å². The van der Waals surface area contributed by atoms with Crippen molar-refractivity contribution in [1.82, 2.24) is 0 Å². The van der Waals surface area contributed by atoms with Crippen LogP contribution in [0.15, 0.2) is 75.9 Å². The quantitative estimate of drug-likeness (QED) is 0.229. The van der Waals surface area contributed by atoms with Crippen LogP contribution < -0.4 is 19.6 Å². The van der Waals surface area contributed by atoms with Gasteiger partial charge in [0.15, 0.2) is 11.5 Å². The minimum absolute atomic E-state index is 0.0738. The van der Waals surface area contributed by atoms with E-state index in [9.17, 15) is 22.8 Å². The minimum Gasteiger partial charge on any atom is -0.490 e. The molecule has 0 aliphatic carbocycles. The van der Waals surface area contributed by atoms with Gasteiger partial charge in [0.1, 0.15) is 11.3 Å². The molecule has 0 fully saturated rings. The van der Waals surface area contributed by atoms with Crippen LogP contribution in [0.5, 0.6) is 23.0 Å². The Labute approximate surface area is 197 Å². The Morgan fingerprint density at radius 3 is 2.34 bits per heavy atom. The Morgan fingerprint density at radius 2 is 1.66 bits per heavy atom. The van der Waals surface area contributed by atoms with Gasteiger partial charge < -0.3 is 18.6 Å². The molecule has 35 heavy (non-hydrogen) atoms. The minimum atomic E-state index is -5.04. The van der Waals surface area contributed by atoms with Crippen molar-refractivity contribution in [3.05, 3.63) is 93.8 Å². The molecule has 4 aromatic rings. The Morgan fingerprint density at radius 1 is 0.971 bits per heavy atom. The van der Waals surface area contributed by atoms with Gasteiger partial charge in [-0.05, 0) is 49.7 Å². The van der Waals surface area contributed by atoms with Gasteiger partial charge in [-0.15, -0.1) is 0 Å². The molecule has 180 valence electrons. The first-order chi connectivity index (χ1) is 16.7. The molecule has 0 bridgehead atoms. The van der Waals surface area contributed by atoms with Gasteiger partial charge in [-0.3, -0.25) is 4.79 Å². The van der Waals surface area contributed by atoms with Crippen LogP contribution in [0.25, 0.3) is 11.0 Å². The van der Waals surface area contributed by atoms with Crippen LogP contribution in [0.1, 0.15) is 28.6 Å². The maximum absolute atomic E-state index is 13.9. The number of carbonyl (C=O) groups is 1. The molecule has 0 radical (unpaired) electrons. The summed E-state index contributed by atoms with van der Waals surface area (Å²) in [6.45, 7) is 3.66. The highest BCUT2D eigenvalue weighted by Crippen LogP contribution is 2.40. The summed E-state index contributed by atoms with van der Waals surface area (Å²) in [6, 6.07) is 16.3. The number of halogens is 3. The average Bonchev–Trinajstić information content (AvgIpc) is 2.81. The van der Waals surface area contributed by atoms with Crippen LogP contribution in [0.4, 0.5) is 13.2 Å². The first-order valence-corrected chi connectivity index (χ1v) is 10.5. The predicted octanol–water partition coefficient (Wildman–Crippen LogP) is 6.53. The van der Waals surface area contributed by atoms with E-state index in [1.807, 2.05) is 0 Å². The van der Waals surface area contributed by atoms with Gasteiger partial charge in [-0.25, -0.2) is 4.79 Å². The standard InChI is InChI=1S/C26H19F3O6/c1-3-32-19-10-6-7-11-20(19)34-23-22(30)18-13-12-16(14-21(18)35-24(23)26(27,28)29)33-25(31)17-9-5-4-8-15(17)2/h4-14H,3H2,1-2H3. The molecule has 0 saturated carbocycles. The third-order valence-corrected chi connectivity index (χ3v) is 5.02. The third-order valence-electron chi connectivity index (χ3n) is 5.02. The number of rotatable bonds is 6. The molecule has 0 aliphatic rings. The molecule has 9 heteroatoms. The molecule has 0 N–H and O–H groups in total. The summed E-state index contributed by atoms with van der Waals surface area (Å²) in [5.41, 5.74) is -0.496. The lowest BCUT2D eigenvalue weighted by molar-refractivity contribution is -0.154. The SMILES string of the molecule is CCOc1ccccc1Oc1c(C(F)(F)F)oc2cc(OC(=O)c3ccccc3C)ccc2c1=O.